The maximum atomic E-state index is 9.24. The summed E-state index contributed by atoms with van der Waals surface area (Å²) < 4.78 is 0. The van der Waals surface area contributed by atoms with Crippen molar-refractivity contribution in [3.63, 3.8) is 0 Å². The van der Waals surface area contributed by atoms with Gasteiger partial charge in [-0.05, 0) is 31.7 Å². The molecule has 0 amide bonds. The third-order valence-corrected chi connectivity index (χ3v) is 4.33. The van der Waals surface area contributed by atoms with Crippen LogP contribution in [0.2, 0.25) is 0 Å². The van der Waals surface area contributed by atoms with Gasteiger partial charge in [-0.25, -0.2) is 0 Å². The lowest BCUT2D eigenvalue weighted by molar-refractivity contribution is 0.205. The van der Waals surface area contributed by atoms with Crippen LogP contribution in [-0.2, 0) is 0 Å². The van der Waals surface area contributed by atoms with Crippen LogP contribution in [0.5, 0.6) is 0 Å². The maximum absolute atomic E-state index is 9.24. The van der Waals surface area contributed by atoms with Gasteiger partial charge in [0.05, 0.1) is 0 Å². The molecule has 1 saturated carbocycles. The smallest absolute Gasteiger partial charge is 0.0474 e. The minimum Gasteiger partial charge on any atom is -0.396 e. The molecule has 1 fully saturated rings. The molecule has 0 radical (unpaired) electrons. The molecular weight excluding hydrogens is 222 g/mol. The molecule has 2 N–H and O–H groups in total. The van der Waals surface area contributed by atoms with E-state index in [0.717, 1.165) is 6.54 Å². The molecule has 2 nitrogen and oxygen atoms in total. The number of unbranched alkanes of at least 4 members (excludes halogenated alkanes) is 7. The van der Waals surface area contributed by atoms with Gasteiger partial charge in [-0.2, -0.15) is 0 Å². The zero-order valence-corrected chi connectivity index (χ0v) is 12.3. The molecule has 0 aromatic heterocycles. The summed E-state index contributed by atoms with van der Waals surface area (Å²) in [5.41, 5.74) is 0. The fourth-order valence-corrected chi connectivity index (χ4v) is 3.07. The maximum Gasteiger partial charge on any atom is 0.0474 e. The Morgan fingerprint density at radius 2 is 1.61 bits per heavy atom. The van der Waals surface area contributed by atoms with E-state index in [1.165, 1.54) is 70.6 Å². The fraction of sp³-hybridized carbons (Fsp3) is 1.00. The van der Waals surface area contributed by atoms with Crippen LogP contribution in [0, 0.1) is 5.92 Å². The van der Waals surface area contributed by atoms with Crippen molar-refractivity contribution in [2.75, 3.05) is 13.2 Å². The minimum atomic E-state index is 0.370. The van der Waals surface area contributed by atoms with E-state index >= 15 is 0 Å². The van der Waals surface area contributed by atoms with Gasteiger partial charge in [0, 0.05) is 12.6 Å². The molecule has 2 heteroatoms. The highest BCUT2D eigenvalue weighted by Gasteiger charge is 2.25. The topological polar surface area (TPSA) is 32.3 Å². The van der Waals surface area contributed by atoms with Crippen LogP contribution in [0.25, 0.3) is 0 Å². The number of hydrogen-bond donors (Lipinski definition) is 2. The standard InChI is InChI=1S/C16H33NO/c1-2-3-4-5-6-7-8-9-13-17-16-12-10-11-15(16)14-18/h15-18H,2-14H2,1H3. The molecule has 2 unspecified atom stereocenters. The first kappa shape index (κ1) is 16.0. The van der Waals surface area contributed by atoms with Gasteiger partial charge >= 0.3 is 0 Å². The Labute approximate surface area is 114 Å². The lowest BCUT2D eigenvalue weighted by Crippen LogP contribution is -2.34. The van der Waals surface area contributed by atoms with E-state index in [2.05, 4.69) is 12.2 Å². The van der Waals surface area contributed by atoms with Gasteiger partial charge < -0.3 is 10.4 Å². The van der Waals surface area contributed by atoms with Crippen molar-refractivity contribution < 1.29 is 5.11 Å². The molecule has 108 valence electrons. The van der Waals surface area contributed by atoms with Gasteiger partial charge in [-0.1, -0.05) is 58.3 Å². The average Bonchev–Trinajstić information content (AvgIpc) is 2.84. The van der Waals surface area contributed by atoms with E-state index in [1.807, 2.05) is 0 Å². The second-order valence-corrected chi connectivity index (χ2v) is 5.91. The summed E-state index contributed by atoms with van der Waals surface area (Å²) in [4.78, 5) is 0. The molecule has 0 bridgehead atoms. The van der Waals surface area contributed by atoms with Crippen molar-refractivity contribution in [1.29, 1.82) is 0 Å². The Hall–Kier alpha value is -0.0800. The normalized spacial score (nSPS) is 23.7. The number of aliphatic hydroxyl groups excluding tert-OH is 1. The van der Waals surface area contributed by atoms with Crippen molar-refractivity contribution in [2.24, 2.45) is 5.92 Å². The first-order chi connectivity index (χ1) is 8.88. The lowest BCUT2D eigenvalue weighted by Gasteiger charge is -2.18. The number of hydrogen-bond acceptors (Lipinski definition) is 2. The van der Waals surface area contributed by atoms with Crippen LogP contribution in [0.15, 0.2) is 0 Å². The highest BCUT2D eigenvalue weighted by atomic mass is 16.3. The summed E-state index contributed by atoms with van der Waals surface area (Å²) in [5.74, 6) is 0.527. The second kappa shape index (κ2) is 10.8. The summed E-state index contributed by atoms with van der Waals surface area (Å²) >= 11 is 0. The van der Waals surface area contributed by atoms with Crippen LogP contribution < -0.4 is 5.32 Å². The van der Waals surface area contributed by atoms with Gasteiger partial charge in [0.15, 0.2) is 0 Å². The molecule has 18 heavy (non-hydrogen) atoms. The third kappa shape index (κ3) is 6.75. The number of nitrogens with one attached hydrogen (secondary N) is 1. The van der Waals surface area contributed by atoms with E-state index in [1.54, 1.807) is 0 Å². The van der Waals surface area contributed by atoms with Crippen LogP contribution in [0.1, 0.15) is 77.6 Å². The molecule has 1 aliphatic carbocycles. The van der Waals surface area contributed by atoms with Crippen molar-refractivity contribution in [3.8, 4) is 0 Å². The van der Waals surface area contributed by atoms with Crippen molar-refractivity contribution in [2.45, 2.75) is 83.6 Å². The molecule has 2 atom stereocenters. The van der Waals surface area contributed by atoms with Crippen LogP contribution in [-0.4, -0.2) is 24.3 Å². The van der Waals surface area contributed by atoms with Gasteiger partial charge in [0.2, 0.25) is 0 Å². The van der Waals surface area contributed by atoms with Gasteiger partial charge in [0.1, 0.15) is 0 Å². The summed E-state index contributed by atoms with van der Waals surface area (Å²) in [6.45, 7) is 3.79. The third-order valence-electron chi connectivity index (χ3n) is 4.33. The Bertz CT molecular complexity index is 184. The molecule has 0 aliphatic heterocycles. The summed E-state index contributed by atoms with van der Waals surface area (Å²) in [7, 11) is 0. The molecular formula is C16H33NO. The Morgan fingerprint density at radius 3 is 2.28 bits per heavy atom. The lowest BCUT2D eigenvalue weighted by atomic mass is 10.0. The molecule has 1 rings (SSSR count). The number of rotatable bonds is 11. The summed E-state index contributed by atoms with van der Waals surface area (Å²) in [5, 5.41) is 12.9. The largest absolute Gasteiger partial charge is 0.396 e. The molecule has 0 spiro atoms. The van der Waals surface area contributed by atoms with E-state index in [-0.39, 0.29) is 0 Å². The molecule has 0 heterocycles. The molecule has 0 aromatic carbocycles. The van der Waals surface area contributed by atoms with Gasteiger partial charge in [0.25, 0.3) is 0 Å². The first-order valence-electron chi connectivity index (χ1n) is 8.22. The van der Waals surface area contributed by atoms with E-state index in [4.69, 9.17) is 0 Å². The van der Waals surface area contributed by atoms with Gasteiger partial charge in [-0.3, -0.25) is 0 Å². The van der Waals surface area contributed by atoms with Crippen molar-refractivity contribution in [3.05, 3.63) is 0 Å². The molecule has 0 saturated heterocycles. The SMILES string of the molecule is CCCCCCCCCCNC1CCCC1CO. The quantitative estimate of drug-likeness (QED) is 0.549. The van der Waals surface area contributed by atoms with E-state index in [0.29, 0.717) is 18.6 Å². The van der Waals surface area contributed by atoms with Gasteiger partial charge in [-0.15, -0.1) is 0 Å². The molecule has 1 aliphatic rings. The minimum absolute atomic E-state index is 0.370. The Balaban J connectivity index is 1.83. The van der Waals surface area contributed by atoms with E-state index in [9.17, 15) is 5.11 Å². The Morgan fingerprint density at radius 1 is 0.944 bits per heavy atom. The monoisotopic (exact) mass is 255 g/mol. The fourth-order valence-electron chi connectivity index (χ4n) is 3.07. The predicted octanol–water partition coefficient (Wildman–Crippen LogP) is 3.88. The van der Waals surface area contributed by atoms with Crippen LogP contribution in [0.4, 0.5) is 0 Å². The molecule has 0 aromatic rings. The predicted molar refractivity (Wildman–Crippen MR) is 78.8 cm³/mol. The van der Waals surface area contributed by atoms with Crippen molar-refractivity contribution in [1.82, 2.24) is 5.32 Å². The average molecular weight is 255 g/mol. The van der Waals surface area contributed by atoms with Crippen LogP contribution in [0.3, 0.4) is 0 Å². The second-order valence-electron chi connectivity index (χ2n) is 5.91. The first-order valence-corrected chi connectivity index (χ1v) is 8.22. The van der Waals surface area contributed by atoms with Crippen LogP contribution >= 0.6 is 0 Å². The number of aliphatic hydroxyl groups is 1. The highest BCUT2D eigenvalue weighted by molar-refractivity contribution is 4.82. The van der Waals surface area contributed by atoms with Crippen molar-refractivity contribution >= 4 is 0 Å². The zero-order valence-electron chi connectivity index (χ0n) is 12.3. The highest BCUT2D eigenvalue weighted by Crippen LogP contribution is 2.24. The zero-order chi connectivity index (χ0) is 13.1. The van der Waals surface area contributed by atoms with E-state index < -0.39 is 0 Å². The summed E-state index contributed by atoms with van der Waals surface area (Å²) in [6, 6.07) is 0.597. The summed E-state index contributed by atoms with van der Waals surface area (Å²) in [6.07, 6.45) is 14.9. The Kier molecular flexibility index (Phi) is 9.59.